The van der Waals surface area contributed by atoms with Crippen LogP contribution in [0.5, 0.6) is 5.75 Å². The summed E-state index contributed by atoms with van der Waals surface area (Å²) in [5, 5.41) is 0. The zero-order valence-corrected chi connectivity index (χ0v) is 10.7. The van der Waals surface area contributed by atoms with Crippen LogP contribution in [0, 0.1) is 0 Å². The first-order valence-corrected chi connectivity index (χ1v) is 5.70. The number of para-hydroxylation sites is 1. The van der Waals surface area contributed by atoms with Gasteiger partial charge in [0.2, 0.25) is 0 Å². The molecule has 0 radical (unpaired) electrons. The molecular formula is C13H19NO4. The van der Waals surface area contributed by atoms with Gasteiger partial charge >= 0.3 is 0 Å². The molecular weight excluding hydrogens is 234 g/mol. The van der Waals surface area contributed by atoms with Crippen molar-refractivity contribution in [2.24, 2.45) is 5.73 Å². The molecule has 1 unspecified atom stereocenters. The van der Waals surface area contributed by atoms with Gasteiger partial charge in [0.05, 0.1) is 24.8 Å². The maximum Gasteiger partial charge on any atom is 0.185 e. The van der Waals surface area contributed by atoms with Gasteiger partial charge < -0.3 is 19.9 Å². The monoisotopic (exact) mass is 253 g/mol. The number of hydrogen-bond donors (Lipinski definition) is 1. The number of ether oxygens (including phenoxy) is 3. The second-order valence-corrected chi connectivity index (χ2v) is 3.76. The fourth-order valence-electron chi connectivity index (χ4n) is 1.49. The molecule has 2 N–H and O–H groups in total. The van der Waals surface area contributed by atoms with Gasteiger partial charge in [0.25, 0.3) is 0 Å². The summed E-state index contributed by atoms with van der Waals surface area (Å²) in [6, 6.07) is 6.33. The van der Waals surface area contributed by atoms with Crippen molar-refractivity contribution in [1.82, 2.24) is 0 Å². The average Bonchev–Trinajstić information content (AvgIpc) is 2.39. The quantitative estimate of drug-likeness (QED) is 0.550. The highest BCUT2D eigenvalue weighted by atomic mass is 16.5. The van der Waals surface area contributed by atoms with E-state index in [1.54, 1.807) is 31.4 Å². The zero-order valence-electron chi connectivity index (χ0n) is 10.7. The lowest BCUT2D eigenvalue weighted by molar-refractivity contribution is 0.0885. The fourth-order valence-corrected chi connectivity index (χ4v) is 1.49. The summed E-state index contributed by atoms with van der Waals surface area (Å²) < 4.78 is 15.3. The van der Waals surface area contributed by atoms with Crippen LogP contribution < -0.4 is 10.5 Å². The van der Waals surface area contributed by atoms with Crippen LogP contribution in [0.4, 0.5) is 0 Å². The third-order valence-electron chi connectivity index (χ3n) is 2.38. The molecule has 0 spiro atoms. The Kier molecular flexibility index (Phi) is 6.35. The standard InChI is InChI=1S/C13H19NO4/c1-16-7-8-18-12-6-4-3-5-10(12)13(15)11(14)9-17-2/h3-6,11H,7-9,14H2,1-2H3. The van der Waals surface area contributed by atoms with Crippen molar-refractivity contribution in [3.63, 3.8) is 0 Å². The Labute approximate surface area is 107 Å². The number of nitrogens with two attached hydrogens (primary N) is 1. The number of carbonyl (C=O) groups excluding carboxylic acids is 1. The molecule has 0 saturated heterocycles. The number of hydrogen-bond acceptors (Lipinski definition) is 5. The van der Waals surface area contributed by atoms with E-state index >= 15 is 0 Å². The van der Waals surface area contributed by atoms with E-state index in [2.05, 4.69) is 0 Å². The predicted molar refractivity (Wildman–Crippen MR) is 68.0 cm³/mol. The van der Waals surface area contributed by atoms with Crippen LogP contribution in [0.25, 0.3) is 0 Å². The van der Waals surface area contributed by atoms with Crippen molar-refractivity contribution in [3.05, 3.63) is 29.8 Å². The molecule has 0 aliphatic heterocycles. The predicted octanol–water partition coefficient (Wildman–Crippen LogP) is 0.868. The largest absolute Gasteiger partial charge is 0.490 e. The second-order valence-electron chi connectivity index (χ2n) is 3.76. The van der Waals surface area contributed by atoms with Gasteiger partial charge in [-0.3, -0.25) is 4.79 Å². The molecule has 1 aromatic carbocycles. The van der Waals surface area contributed by atoms with Gasteiger partial charge in [-0.05, 0) is 12.1 Å². The minimum Gasteiger partial charge on any atom is -0.490 e. The lowest BCUT2D eigenvalue weighted by Crippen LogP contribution is -2.35. The molecule has 1 rings (SSSR count). The summed E-state index contributed by atoms with van der Waals surface area (Å²) in [6.45, 7) is 1.04. The van der Waals surface area contributed by atoms with Gasteiger partial charge in [0.15, 0.2) is 5.78 Å². The normalized spacial score (nSPS) is 12.2. The summed E-state index contributed by atoms with van der Waals surface area (Å²) >= 11 is 0. The Bertz CT molecular complexity index is 381. The Morgan fingerprint density at radius 1 is 1.22 bits per heavy atom. The maximum absolute atomic E-state index is 12.1. The minimum absolute atomic E-state index is 0.186. The summed E-state index contributed by atoms with van der Waals surface area (Å²) in [5.74, 6) is 0.330. The van der Waals surface area contributed by atoms with Crippen molar-refractivity contribution in [2.45, 2.75) is 6.04 Å². The Morgan fingerprint density at radius 2 is 1.94 bits per heavy atom. The highest BCUT2D eigenvalue weighted by molar-refractivity contribution is 6.02. The van der Waals surface area contributed by atoms with E-state index in [1.165, 1.54) is 7.11 Å². The fraction of sp³-hybridized carbons (Fsp3) is 0.462. The lowest BCUT2D eigenvalue weighted by Gasteiger charge is -2.13. The van der Waals surface area contributed by atoms with Gasteiger partial charge in [-0.15, -0.1) is 0 Å². The van der Waals surface area contributed by atoms with Crippen LogP contribution in [0.3, 0.4) is 0 Å². The first-order chi connectivity index (χ1) is 8.70. The SMILES string of the molecule is COCCOc1ccccc1C(=O)C(N)COC. The number of Topliss-reactive ketones (excluding diaryl/α,β-unsaturated/α-hetero) is 1. The minimum atomic E-state index is -0.679. The number of methoxy groups -OCH3 is 2. The first kappa shape index (κ1) is 14.6. The third kappa shape index (κ3) is 4.10. The van der Waals surface area contributed by atoms with Crippen molar-refractivity contribution >= 4 is 5.78 Å². The molecule has 0 bridgehead atoms. The van der Waals surface area contributed by atoms with Crippen molar-refractivity contribution in [1.29, 1.82) is 0 Å². The molecule has 5 heteroatoms. The van der Waals surface area contributed by atoms with E-state index < -0.39 is 6.04 Å². The average molecular weight is 253 g/mol. The zero-order chi connectivity index (χ0) is 13.4. The molecule has 1 aromatic rings. The van der Waals surface area contributed by atoms with Gasteiger partial charge in [-0.1, -0.05) is 12.1 Å². The van der Waals surface area contributed by atoms with Crippen LogP contribution in [-0.4, -0.2) is 45.9 Å². The third-order valence-corrected chi connectivity index (χ3v) is 2.38. The first-order valence-electron chi connectivity index (χ1n) is 5.70. The topological polar surface area (TPSA) is 70.8 Å². The number of ketones is 1. The Hall–Kier alpha value is -1.43. The highest BCUT2D eigenvalue weighted by Gasteiger charge is 2.19. The van der Waals surface area contributed by atoms with E-state index in [4.69, 9.17) is 19.9 Å². The molecule has 0 saturated carbocycles. The van der Waals surface area contributed by atoms with Crippen molar-refractivity contribution in [3.8, 4) is 5.75 Å². The summed E-state index contributed by atoms with van der Waals surface area (Å²) in [5.41, 5.74) is 6.20. The molecule has 0 amide bonds. The molecule has 100 valence electrons. The summed E-state index contributed by atoms with van der Waals surface area (Å²) in [7, 11) is 3.10. The summed E-state index contributed by atoms with van der Waals surface area (Å²) in [4.78, 5) is 12.1. The smallest absolute Gasteiger partial charge is 0.185 e. The highest BCUT2D eigenvalue weighted by Crippen LogP contribution is 2.19. The van der Waals surface area contributed by atoms with Crippen LogP contribution >= 0.6 is 0 Å². The molecule has 0 aliphatic rings. The van der Waals surface area contributed by atoms with E-state index in [-0.39, 0.29) is 12.4 Å². The van der Waals surface area contributed by atoms with Crippen molar-refractivity contribution < 1.29 is 19.0 Å². The Morgan fingerprint density at radius 3 is 2.61 bits per heavy atom. The number of benzene rings is 1. The molecule has 0 heterocycles. The van der Waals surface area contributed by atoms with Crippen LogP contribution in [0.2, 0.25) is 0 Å². The van der Waals surface area contributed by atoms with Gasteiger partial charge in [-0.2, -0.15) is 0 Å². The van der Waals surface area contributed by atoms with E-state index in [1.807, 2.05) is 0 Å². The van der Waals surface area contributed by atoms with E-state index in [0.29, 0.717) is 24.5 Å². The van der Waals surface area contributed by atoms with Crippen LogP contribution in [0.15, 0.2) is 24.3 Å². The second kappa shape index (κ2) is 7.81. The van der Waals surface area contributed by atoms with E-state index in [9.17, 15) is 4.79 Å². The molecule has 1 atom stereocenters. The Balaban J connectivity index is 2.77. The van der Waals surface area contributed by atoms with Gasteiger partial charge in [0, 0.05) is 14.2 Å². The molecule has 0 aliphatic carbocycles. The lowest BCUT2D eigenvalue weighted by atomic mass is 10.0. The number of carbonyl (C=O) groups is 1. The molecule has 0 fully saturated rings. The molecule has 5 nitrogen and oxygen atoms in total. The van der Waals surface area contributed by atoms with Crippen molar-refractivity contribution in [2.75, 3.05) is 34.0 Å². The maximum atomic E-state index is 12.1. The van der Waals surface area contributed by atoms with Crippen LogP contribution in [-0.2, 0) is 9.47 Å². The van der Waals surface area contributed by atoms with Crippen LogP contribution in [0.1, 0.15) is 10.4 Å². The molecule has 18 heavy (non-hydrogen) atoms. The van der Waals surface area contributed by atoms with E-state index in [0.717, 1.165) is 0 Å². The van der Waals surface area contributed by atoms with Gasteiger partial charge in [-0.25, -0.2) is 0 Å². The molecule has 0 aromatic heterocycles. The summed E-state index contributed by atoms with van der Waals surface area (Å²) in [6.07, 6.45) is 0. The van der Waals surface area contributed by atoms with Gasteiger partial charge in [0.1, 0.15) is 12.4 Å². The number of rotatable bonds is 8.